The number of anilines is 2. The molecular weight excluding hydrogens is 428 g/mol. The molecule has 0 atom stereocenters. The molecule has 0 saturated heterocycles. The Bertz CT molecular complexity index is 1380. The van der Waals surface area contributed by atoms with Crippen LogP contribution in [0.3, 0.4) is 0 Å². The standard InChI is InChI=1S/C28H22N2O2S/c29-23-15-11-21(12-16-23)27-25(19-7-3-1-4-8-19)26(20-9-5-2-6-10-20)28(33(27,31)32)22-13-17-24(30)18-14-22/h1-18H,29-30H2. The van der Waals surface area contributed by atoms with E-state index < -0.39 is 9.84 Å². The first-order chi connectivity index (χ1) is 16.0. The van der Waals surface area contributed by atoms with Gasteiger partial charge in [-0.3, -0.25) is 0 Å². The second-order valence-corrected chi connectivity index (χ2v) is 9.71. The van der Waals surface area contributed by atoms with Crippen LogP contribution in [0.5, 0.6) is 0 Å². The van der Waals surface area contributed by atoms with Crippen LogP contribution in [0.1, 0.15) is 22.3 Å². The Morgan fingerprint density at radius 3 is 1.09 bits per heavy atom. The molecule has 0 aromatic heterocycles. The van der Waals surface area contributed by atoms with E-state index in [1.807, 2.05) is 60.7 Å². The summed E-state index contributed by atoms with van der Waals surface area (Å²) >= 11 is 0. The third kappa shape index (κ3) is 3.62. The van der Waals surface area contributed by atoms with E-state index in [-0.39, 0.29) is 9.81 Å². The number of nitrogens with two attached hydrogens (primary N) is 2. The molecule has 33 heavy (non-hydrogen) atoms. The molecule has 0 unspecified atom stereocenters. The molecule has 4 aromatic rings. The van der Waals surface area contributed by atoms with Gasteiger partial charge in [0.15, 0.2) is 0 Å². The van der Waals surface area contributed by atoms with Crippen LogP contribution in [0.2, 0.25) is 0 Å². The molecule has 0 bridgehead atoms. The molecule has 0 spiro atoms. The summed E-state index contributed by atoms with van der Waals surface area (Å²) in [5.41, 5.74) is 17.2. The number of allylic oxidation sites excluding steroid dienone is 2. The zero-order chi connectivity index (χ0) is 23.0. The monoisotopic (exact) mass is 450 g/mol. The zero-order valence-corrected chi connectivity index (χ0v) is 18.6. The predicted molar refractivity (Wildman–Crippen MR) is 137 cm³/mol. The highest BCUT2D eigenvalue weighted by Crippen LogP contribution is 2.53. The van der Waals surface area contributed by atoms with Gasteiger partial charge in [0.2, 0.25) is 9.84 Å². The highest BCUT2D eigenvalue weighted by atomic mass is 32.2. The lowest BCUT2D eigenvalue weighted by atomic mass is 9.89. The van der Waals surface area contributed by atoms with Crippen molar-refractivity contribution in [2.75, 3.05) is 11.5 Å². The normalized spacial score (nSPS) is 15.2. The predicted octanol–water partition coefficient (Wildman–Crippen LogP) is 5.72. The van der Waals surface area contributed by atoms with Crippen molar-refractivity contribution in [2.45, 2.75) is 0 Å². The maximum atomic E-state index is 14.3. The summed E-state index contributed by atoms with van der Waals surface area (Å²) in [5, 5.41) is 0. The largest absolute Gasteiger partial charge is 0.399 e. The fraction of sp³-hybridized carbons (Fsp3) is 0. The SMILES string of the molecule is Nc1ccc(C2=C(c3ccccc3)C(c3ccccc3)=C(c3ccc(N)cc3)S2(=O)=O)cc1. The Labute approximate surface area is 193 Å². The Kier molecular flexibility index (Phi) is 5.11. The van der Waals surface area contributed by atoms with E-state index in [4.69, 9.17) is 11.5 Å². The van der Waals surface area contributed by atoms with Gasteiger partial charge in [-0.2, -0.15) is 0 Å². The maximum absolute atomic E-state index is 14.3. The van der Waals surface area contributed by atoms with E-state index in [2.05, 4.69) is 0 Å². The summed E-state index contributed by atoms with van der Waals surface area (Å²) in [4.78, 5) is 0.554. The zero-order valence-electron chi connectivity index (χ0n) is 17.8. The highest BCUT2D eigenvalue weighted by Gasteiger charge is 2.40. The molecule has 0 amide bonds. The Morgan fingerprint density at radius 2 is 0.758 bits per heavy atom. The number of hydrogen-bond donors (Lipinski definition) is 2. The van der Waals surface area contributed by atoms with E-state index in [9.17, 15) is 8.42 Å². The van der Waals surface area contributed by atoms with Gasteiger partial charge in [0.05, 0.1) is 9.81 Å². The van der Waals surface area contributed by atoms with Crippen molar-refractivity contribution in [1.29, 1.82) is 0 Å². The molecule has 4 N–H and O–H groups in total. The summed E-state index contributed by atoms with van der Waals surface area (Å²) in [6.45, 7) is 0. The summed E-state index contributed by atoms with van der Waals surface area (Å²) < 4.78 is 28.5. The van der Waals surface area contributed by atoms with E-state index in [1.54, 1.807) is 48.5 Å². The number of rotatable bonds is 4. The molecule has 0 aliphatic carbocycles. The lowest BCUT2D eigenvalue weighted by Crippen LogP contribution is -2.03. The van der Waals surface area contributed by atoms with E-state index in [0.717, 1.165) is 11.1 Å². The van der Waals surface area contributed by atoms with Crippen LogP contribution in [-0.2, 0) is 9.84 Å². The number of benzene rings is 4. The summed E-state index contributed by atoms with van der Waals surface area (Å²) in [6.07, 6.45) is 0. The van der Waals surface area contributed by atoms with Crippen LogP contribution < -0.4 is 11.5 Å². The van der Waals surface area contributed by atoms with Crippen LogP contribution in [0.25, 0.3) is 21.0 Å². The maximum Gasteiger partial charge on any atom is 0.209 e. The third-order valence-electron chi connectivity index (χ3n) is 5.71. The van der Waals surface area contributed by atoms with Crippen molar-refractivity contribution in [3.63, 3.8) is 0 Å². The van der Waals surface area contributed by atoms with Crippen LogP contribution in [-0.4, -0.2) is 8.42 Å². The summed E-state index contributed by atoms with van der Waals surface area (Å²) in [6, 6.07) is 33.2. The lowest BCUT2D eigenvalue weighted by molar-refractivity contribution is 0.615. The van der Waals surface area contributed by atoms with Crippen LogP contribution in [0.15, 0.2) is 109 Å². The first-order valence-electron chi connectivity index (χ1n) is 10.5. The third-order valence-corrected chi connectivity index (χ3v) is 7.67. The quantitative estimate of drug-likeness (QED) is 0.390. The summed E-state index contributed by atoms with van der Waals surface area (Å²) in [5.74, 6) is 0. The Hall–Kier alpha value is -4.09. The Morgan fingerprint density at radius 1 is 0.424 bits per heavy atom. The van der Waals surface area contributed by atoms with Crippen molar-refractivity contribution in [3.05, 3.63) is 131 Å². The molecule has 0 radical (unpaired) electrons. The minimum Gasteiger partial charge on any atom is -0.399 e. The smallest absolute Gasteiger partial charge is 0.209 e. The van der Waals surface area contributed by atoms with Crippen molar-refractivity contribution < 1.29 is 8.42 Å². The second-order valence-electron chi connectivity index (χ2n) is 7.89. The average molecular weight is 451 g/mol. The van der Waals surface area contributed by atoms with Crippen LogP contribution in [0.4, 0.5) is 11.4 Å². The minimum atomic E-state index is -3.88. The topological polar surface area (TPSA) is 86.2 Å². The van der Waals surface area contributed by atoms with Crippen molar-refractivity contribution >= 4 is 42.2 Å². The number of nitrogen functional groups attached to an aromatic ring is 2. The fourth-order valence-corrected chi connectivity index (χ4v) is 6.30. The van der Waals surface area contributed by atoms with Crippen molar-refractivity contribution in [3.8, 4) is 0 Å². The van der Waals surface area contributed by atoms with Crippen LogP contribution >= 0.6 is 0 Å². The molecule has 1 heterocycles. The van der Waals surface area contributed by atoms with Gasteiger partial charge in [-0.05, 0) is 46.5 Å². The first kappa shape index (κ1) is 20.8. The molecule has 5 heteroatoms. The molecule has 4 aromatic carbocycles. The van der Waals surface area contributed by atoms with E-state index in [1.165, 1.54) is 0 Å². The van der Waals surface area contributed by atoms with E-state index >= 15 is 0 Å². The molecule has 0 fully saturated rings. The number of sulfone groups is 1. The van der Waals surface area contributed by atoms with Gasteiger partial charge in [0, 0.05) is 22.5 Å². The van der Waals surface area contributed by atoms with Gasteiger partial charge in [-0.15, -0.1) is 0 Å². The number of hydrogen-bond acceptors (Lipinski definition) is 4. The molecule has 1 aliphatic rings. The van der Waals surface area contributed by atoms with E-state index in [0.29, 0.717) is 33.6 Å². The Balaban J connectivity index is 1.92. The van der Waals surface area contributed by atoms with Gasteiger partial charge in [-0.25, -0.2) is 8.42 Å². The second kappa shape index (κ2) is 8.11. The molecule has 162 valence electrons. The lowest BCUT2D eigenvalue weighted by Gasteiger charge is -2.12. The van der Waals surface area contributed by atoms with Crippen molar-refractivity contribution in [2.24, 2.45) is 0 Å². The molecular formula is C28H22N2O2S. The average Bonchev–Trinajstić information content (AvgIpc) is 3.08. The first-order valence-corrected chi connectivity index (χ1v) is 12.0. The van der Waals surface area contributed by atoms with Gasteiger partial charge in [0.1, 0.15) is 0 Å². The minimum absolute atomic E-state index is 0.277. The van der Waals surface area contributed by atoms with Gasteiger partial charge in [-0.1, -0.05) is 84.9 Å². The molecule has 1 aliphatic heterocycles. The van der Waals surface area contributed by atoms with Crippen LogP contribution in [0, 0.1) is 0 Å². The van der Waals surface area contributed by atoms with Gasteiger partial charge < -0.3 is 11.5 Å². The van der Waals surface area contributed by atoms with Gasteiger partial charge >= 0.3 is 0 Å². The molecule has 4 nitrogen and oxygen atoms in total. The molecule has 5 rings (SSSR count). The summed E-state index contributed by atoms with van der Waals surface area (Å²) in [7, 11) is -3.88. The molecule has 0 saturated carbocycles. The fourth-order valence-electron chi connectivity index (χ4n) is 4.23. The van der Waals surface area contributed by atoms with Crippen molar-refractivity contribution in [1.82, 2.24) is 0 Å². The van der Waals surface area contributed by atoms with Gasteiger partial charge in [0.25, 0.3) is 0 Å². The highest BCUT2D eigenvalue weighted by molar-refractivity contribution is 8.10.